The van der Waals surface area contributed by atoms with E-state index in [-0.39, 0.29) is 10.9 Å². The summed E-state index contributed by atoms with van der Waals surface area (Å²) in [5.74, 6) is -1.82. The summed E-state index contributed by atoms with van der Waals surface area (Å²) < 4.78 is 68.0. The lowest BCUT2D eigenvalue weighted by atomic mass is 10.1. The lowest BCUT2D eigenvalue weighted by molar-refractivity contribution is -0.0522. The molecular weight excluding hydrogens is 321 g/mol. The molecule has 9 heteroatoms. The van der Waals surface area contributed by atoms with Crippen LogP contribution >= 0.6 is 0 Å². The highest BCUT2D eigenvalue weighted by Gasteiger charge is 2.29. The number of alkyl halides is 2. The molecule has 1 aromatic carbocycles. The van der Waals surface area contributed by atoms with Gasteiger partial charge >= 0.3 is 6.61 Å². The first-order valence-electron chi connectivity index (χ1n) is 6.75. The monoisotopic (exact) mass is 338 g/mol. The number of hydrogen-bond acceptors (Lipinski definition) is 4. The highest BCUT2D eigenvalue weighted by Crippen LogP contribution is 2.26. The third-order valence-electron chi connectivity index (χ3n) is 3.62. The summed E-state index contributed by atoms with van der Waals surface area (Å²) in [5, 5.41) is 3.13. The van der Waals surface area contributed by atoms with E-state index in [1.807, 2.05) is 0 Å². The van der Waals surface area contributed by atoms with E-state index in [0.717, 1.165) is 12.1 Å². The summed E-state index contributed by atoms with van der Waals surface area (Å²) in [6.07, 6.45) is 1.32. The fourth-order valence-corrected chi connectivity index (χ4v) is 3.79. The maximum Gasteiger partial charge on any atom is 0.387 e. The van der Waals surface area contributed by atoms with Gasteiger partial charge in [0.05, 0.1) is 4.90 Å². The zero-order valence-electron chi connectivity index (χ0n) is 11.9. The van der Waals surface area contributed by atoms with Crippen LogP contribution < -0.4 is 10.1 Å². The van der Waals surface area contributed by atoms with E-state index >= 15 is 0 Å². The first kappa shape index (κ1) is 17.0. The SMILES string of the molecule is CN(C1CCNCC1)S(=O)(=O)c1ccc(OC(F)F)c(F)c1. The zero-order valence-corrected chi connectivity index (χ0v) is 12.7. The standard InChI is InChI=1S/C13H17F3N2O3S/c1-18(9-4-6-17-7-5-9)22(19,20)10-2-3-12(11(14)8-10)21-13(15)16/h2-3,8-9,13,17H,4-7H2,1H3. The van der Waals surface area contributed by atoms with Crippen LogP contribution in [0.5, 0.6) is 5.75 Å². The van der Waals surface area contributed by atoms with Gasteiger partial charge in [-0.05, 0) is 44.1 Å². The second-order valence-electron chi connectivity index (χ2n) is 4.97. The van der Waals surface area contributed by atoms with E-state index in [1.54, 1.807) is 0 Å². The molecule has 0 radical (unpaired) electrons. The fourth-order valence-electron chi connectivity index (χ4n) is 2.37. The Labute approximate surface area is 127 Å². The summed E-state index contributed by atoms with van der Waals surface area (Å²) in [6.45, 7) is -1.76. The van der Waals surface area contributed by atoms with Crippen LogP contribution in [0, 0.1) is 5.82 Å². The topological polar surface area (TPSA) is 58.6 Å². The molecule has 0 aliphatic carbocycles. The predicted molar refractivity (Wildman–Crippen MR) is 73.9 cm³/mol. The average Bonchev–Trinajstić information content (AvgIpc) is 2.49. The fraction of sp³-hybridized carbons (Fsp3) is 0.538. The van der Waals surface area contributed by atoms with Gasteiger partial charge in [-0.3, -0.25) is 0 Å². The summed E-state index contributed by atoms with van der Waals surface area (Å²) in [6, 6.07) is 2.48. The van der Waals surface area contributed by atoms with Crippen LogP contribution in [0.2, 0.25) is 0 Å². The Morgan fingerprint density at radius 2 is 1.95 bits per heavy atom. The third-order valence-corrected chi connectivity index (χ3v) is 5.53. The van der Waals surface area contributed by atoms with Crippen LogP contribution in [0.25, 0.3) is 0 Å². The molecule has 0 aromatic heterocycles. The molecule has 1 aliphatic rings. The quantitative estimate of drug-likeness (QED) is 0.889. The molecule has 1 aliphatic heterocycles. The molecule has 5 nitrogen and oxygen atoms in total. The van der Waals surface area contributed by atoms with E-state index in [4.69, 9.17) is 0 Å². The van der Waals surface area contributed by atoms with Crippen molar-refractivity contribution in [2.24, 2.45) is 0 Å². The Kier molecular flexibility index (Phi) is 5.30. The highest BCUT2D eigenvalue weighted by atomic mass is 32.2. The molecule has 0 spiro atoms. The van der Waals surface area contributed by atoms with Crippen LogP contribution in [0.4, 0.5) is 13.2 Å². The Hall–Kier alpha value is -1.32. The number of rotatable bonds is 5. The molecule has 0 bridgehead atoms. The second-order valence-corrected chi connectivity index (χ2v) is 6.97. The molecule has 1 fully saturated rings. The molecule has 1 heterocycles. The van der Waals surface area contributed by atoms with Gasteiger partial charge in [-0.2, -0.15) is 13.1 Å². The third kappa shape index (κ3) is 3.71. The van der Waals surface area contributed by atoms with Crippen LogP contribution in [0.15, 0.2) is 23.1 Å². The van der Waals surface area contributed by atoms with Crippen LogP contribution in [0.1, 0.15) is 12.8 Å². The number of hydrogen-bond donors (Lipinski definition) is 1. The van der Waals surface area contributed by atoms with Crippen LogP contribution in [-0.4, -0.2) is 45.5 Å². The Morgan fingerprint density at radius 3 is 2.50 bits per heavy atom. The first-order valence-corrected chi connectivity index (χ1v) is 8.19. The molecular formula is C13H17F3N2O3S. The minimum atomic E-state index is -3.88. The van der Waals surface area contributed by atoms with Gasteiger partial charge in [-0.25, -0.2) is 12.8 Å². The lowest BCUT2D eigenvalue weighted by Gasteiger charge is -2.30. The Bertz CT molecular complexity index is 619. The summed E-state index contributed by atoms with van der Waals surface area (Å²) in [4.78, 5) is -0.285. The summed E-state index contributed by atoms with van der Waals surface area (Å²) >= 11 is 0. The average molecular weight is 338 g/mol. The lowest BCUT2D eigenvalue weighted by Crippen LogP contribution is -2.43. The van der Waals surface area contributed by atoms with Crippen molar-refractivity contribution in [1.82, 2.24) is 9.62 Å². The molecule has 2 rings (SSSR count). The van der Waals surface area contributed by atoms with Crippen molar-refractivity contribution in [1.29, 1.82) is 0 Å². The van der Waals surface area contributed by atoms with E-state index in [9.17, 15) is 21.6 Å². The molecule has 1 saturated heterocycles. The van der Waals surface area contributed by atoms with Crippen molar-refractivity contribution in [2.45, 2.75) is 30.4 Å². The summed E-state index contributed by atoms with van der Waals surface area (Å²) in [7, 11) is -2.45. The molecule has 1 aromatic rings. The van der Waals surface area contributed by atoms with Crippen molar-refractivity contribution >= 4 is 10.0 Å². The summed E-state index contributed by atoms with van der Waals surface area (Å²) in [5.41, 5.74) is 0. The van der Waals surface area contributed by atoms with Crippen molar-refractivity contribution in [3.05, 3.63) is 24.0 Å². The van der Waals surface area contributed by atoms with Crippen molar-refractivity contribution in [3.8, 4) is 5.75 Å². The Morgan fingerprint density at radius 1 is 1.32 bits per heavy atom. The van der Waals surface area contributed by atoms with Gasteiger partial charge in [0.15, 0.2) is 11.6 Å². The number of ether oxygens (including phenoxy) is 1. The van der Waals surface area contributed by atoms with Crippen LogP contribution in [0.3, 0.4) is 0 Å². The molecule has 22 heavy (non-hydrogen) atoms. The zero-order chi connectivity index (χ0) is 16.3. The maximum atomic E-state index is 13.7. The van der Waals surface area contributed by atoms with Gasteiger partial charge in [0.25, 0.3) is 0 Å². The van der Waals surface area contributed by atoms with E-state index in [1.165, 1.54) is 11.4 Å². The maximum absolute atomic E-state index is 13.7. The molecule has 0 saturated carbocycles. The predicted octanol–water partition coefficient (Wildman–Crippen LogP) is 1.80. The van der Waals surface area contributed by atoms with E-state index in [0.29, 0.717) is 32.0 Å². The molecule has 0 atom stereocenters. The van der Waals surface area contributed by atoms with Crippen molar-refractivity contribution < 1.29 is 26.3 Å². The van der Waals surface area contributed by atoms with Gasteiger partial charge in [0, 0.05) is 13.1 Å². The van der Waals surface area contributed by atoms with Gasteiger partial charge < -0.3 is 10.1 Å². The van der Waals surface area contributed by atoms with Crippen molar-refractivity contribution in [2.75, 3.05) is 20.1 Å². The molecule has 0 amide bonds. The minimum absolute atomic E-state index is 0.175. The molecule has 124 valence electrons. The molecule has 1 N–H and O–H groups in total. The number of sulfonamides is 1. The van der Waals surface area contributed by atoms with Crippen LogP contribution in [-0.2, 0) is 10.0 Å². The van der Waals surface area contributed by atoms with Gasteiger partial charge in [0.1, 0.15) is 0 Å². The number of benzene rings is 1. The van der Waals surface area contributed by atoms with E-state index in [2.05, 4.69) is 10.1 Å². The van der Waals surface area contributed by atoms with E-state index < -0.39 is 28.2 Å². The smallest absolute Gasteiger partial charge is 0.387 e. The largest absolute Gasteiger partial charge is 0.432 e. The second kappa shape index (κ2) is 6.84. The van der Waals surface area contributed by atoms with Crippen molar-refractivity contribution in [3.63, 3.8) is 0 Å². The number of nitrogens with one attached hydrogen (secondary N) is 1. The highest BCUT2D eigenvalue weighted by molar-refractivity contribution is 7.89. The van der Waals surface area contributed by atoms with Gasteiger partial charge in [-0.15, -0.1) is 0 Å². The number of nitrogens with zero attached hydrogens (tertiary/aromatic N) is 1. The molecule has 0 unspecified atom stereocenters. The minimum Gasteiger partial charge on any atom is -0.432 e. The Balaban J connectivity index is 2.23. The van der Waals surface area contributed by atoms with Gasteiger partial charge in [-0.1, -0.05) is 0 Å². The number of piperidine rings is 1. The van der Waals surface area contributed by atoms with Gasteiger partial charge in [0.2, 0.25) is 10.0 Å². The number of halogens is 3. The first-order chi connectivity index (χ1) is 10.3. The normalized spacial score (nSPS) is 17.2.